The zero-order valence-electron chi connectivity index (χ0n) is 29.4. The molecule has 2 aromatic carbocycles. The smallest absolute Gasteiger partial charge is 0.432 e. The van der Waals surface area contributed by atoms with Gasteiger partial charge in [-0.2, -0.15) is 26.3 Å². The largest absolute Gasteiger partial charge is 0.510 e. The average molecular weight is 765 g/mol. The third-order valence-electron chi connectivity index (χ3n) is 9.40. The van der Waals surface area contributed by atoms with Crippen molar-refractivity contribution in [3.63, 3.8) is 0 Å². The Morgan fingerprint density at radius 3 is 1.89 bits per heavy atom. The standard InChI is InChI=1S/C35H42F6N2O10/c1-24(25-17-27(34(36,37)38)19-28(18-25)35(39,40)41)51-21-33(26-7-5-4-6-8-26)12-11-32(20-42(33)22-52-30(45)49-15-13-47-2)10-9-29(44)43(32)23-53-31(46)50-16-14-48-3/h4-8,17-19,24H,9-16,20-23H2,1-3H3/t24-,32-,33-/m1/s1. The molecule has 0 saturated carbocycles. The molecule has 0 unspecified atom stereocenters. The zero-order chi connectivity index (χ0) is 38.9. The summed E-state index contributed by atoms with van der Waals surface area (Å²) in [7, 11) is 2.84. The van der Waals surface area contributed by atoms with Gasteiger partial charge in [0.25, 0.3) is 0 Å². The van der Waals surface area contributed by atoms with E-state index in [9.17, 15) is 40.7 Å². The van der Waals surface area contributed by atoms with E-state index in [4.69, 9.17) is 33.2 Å². The Bertz CT molecular complexity index is 1510. The van der Waals surface area contributed by atoms with Crippen LogP contribution >= 0.6 is 0 Å². The van der Waals surface area contributed by atoms with Gasteiger partial charge in [-0.3, -0.25) is 9.69 Å². The molecule has 4 rings (SSSR count). The highest BCUT2D eigenvalue weighted by atomic mass is 19.4. The number of amides is 1. The van der Waals surface area contributed by atoms with Gasteiger partial charge in [0, 0.05) is 27.2 Å². The van der Waals surface area contributed by atoms with Gasteiger partial charge in [0.1, 0.15) is 19.9 Å². The Morgan fingerprint density at radius 2 is 1.34 bits per heavy atom. The van der Waals surface area contributed by atoms with Crippen LogP contribution in [-0.2, 0) is 55.8 Å². The van der Waals surface area contributed by atoms with Crippen molar-refractivity contribution in [1.82, 2.24) is 9.80 Å². The maximum absolute atomic E-state index is 13.7. The molecule has 2 fully saturated rings. The number of methoxy groups -OCH3 is 2. The van der Waals surface area contributed by atoms with Crippen molar-refractivity contribution in [2.45, 2.75) is 62.1 Å². The van der Waals surface area contributed by atoms with Crippen LogP contribution in [0.2, 0.25) is 0 Å². The number of hydrogen-bond donors (Lipinski definition) is 0. The number of piperidine rings is 1. The van der Waals surface area contributed by atoms with E-state index in [1.165, 1.54) is 26.0 Å². The van der Waals surface area contributed by atoms with E-state index in [1.807, 2.05) is 0 Å². The molecule has 53 heavy (non-hydrogen) atoms. The Labute approximate surface area is 302 Å². The fraction of sp³-hybridized carbons (Fsp3) is 0.571. The molecule has 18 heteroatoms. The lowest BCUT2D eigenvalue weighted by Gasteiger charge is -2.54. The van der Waals surface area contributed by atoms with E-state index < -0.39 is 66.4 Å². The second kappa shape index (κ2) is 17.8. The normalized spacial score (nSPS) is 21.5. The zero-order valence-corrected chi connectivity index (χ0v) is 29.4. The minimum atomic E-state index is -5.06. The van der Waals surface area contributed by atoms with Crippen LogP contribution < -0.4 is 0 Å². The lowest BCUT2D eigenvalue weighted by Crippen LogP contribution is -2.65. The van der Waals surface area contributed by atoms with Crippen LogP contribution in [0.3, 0.4) is 0 Å². The number of ether oxygens (including phenoxy) is 7. The summed E-state index contributed by atoms with van der Waals surface area (Å²) in [6.07, 6.45) is -12.5. The van der Waals surface area contributed by atoms with Gasteiger partial charge in [-0.15, -0.1) is 0 Å². The molecule has 0 aliphatic carbocycles. The first-order chi connectivity index (χ1) is 25.0. The number of carbonyl (C=O) groups excluding carboxylic acids is 3. The van der Waals surface area contributed by atoms with Crippen LogP contribution in [-0.4, -0.2) is 101 Å². The summed E-state index contributed by atoms with van der Waals surface area (Å²) < 4.78 is 119. The average Bonchev–Trinajstić information content (AvgIpc) is 3.42. The minimum absolute atomic E-state index is 0.0284. The molecule has 3 atom stereocenters. The maximum atomic E-state index is 13.7. The molecular formula is C35H42F6N2O10. The lowest BCUT2D eigenvalue weighted by atomic mass is 9.74. The third kappa shape index (κ3) is 10.5. The fourth-order valence-electron chi connectivity index (χ4n) is 6.50. The van der Waals surface area contributed by atoms with Crippen LogP contribution in [0, 0.1) is 0 Å². The minimum Gasteiger partial charge on any atom is -0.432 e. The van der Waals surface area contributed by atoms with Crippen LogP contribution in [0.15, 0.2) is 48.5 Å². The molecular weight excluding hydrogens is 722 g/mol. The topological polar surface area (TPSA) is 122 Å². The summed E-state index contributed by atoms with van der Waals surface area (Å²) in [4.78, 5) is 41.2. The summed E-state index contributed by atoms with van der Waals surface area (Å²) >= 11 is 0. The monoisotopic (exact) mass is 764 g/mol. The molecule has 0 N–H and O–H groups in total. The molecule has 2 heterocycles. The first-order valence-electron chi connectivity index (χ1n) is 16.6. The van der Waals surface area contributed by atoms with Crippen molar-refractivity contribution in [1.29, 1.82) is 0 Å². The van der Waals surface area contributed by atoms with Gasteiger partial charge in [0.15, 0.2) is 6.73 Å². The maximum Gasteiger partial charge on any atom is 0.510 e. The van der Waals surface area contributed by atoms with Crippen molar-refractivity contribution in [3.05, 3.63) is 70.8 Å². The summed E-state index contributed by atoms with van der Waals surface area (Å²) in [5, 5.41) is 0. The number of benzene rings is 2. The Balaban J connectivity index is 1.68. The molecule has 2 aliphatic heterocycles. The predicted octanol–water partition coefficient (Wildman–Crippen LogP) is 6.67. The van der Waals surface area contributed by atoms with Gasteiger partial charge in [-0.1, -0.05) is 30.3 Å². The van der Waals surface area contributed by atoms with Gasteiger partial charge in [0.05, 0.1) is 48.1 Å². The van der Waals surface area contributed by atoms with Crippen molar-refractivity contribution in [3.8, 4) is 0 Å². The molecule has 2 aliphatic rings. The number of nitrogens with zero attached hydrogens (tertiary/aromatic N) is 2. The number of rotatable bonds is 15. The van der Waals surface area contributed by atoms with Crippen molar-refractivity contribution >= 4 is 18.2 Å². The first-order valence-corrected chi connectivity index (χ1v) is 16.6. The number of hydrogen-bond acceptors (Lipinski definition) is 11. The molecule has 2 aromatic rings. The van der Waals surface area contributed by atoms with E-state index in [1.54, 1.807) is 35.2 Å². The van der Waals surface area contributed by atoms with Crippen molar-refractivity contribution < 1.29 is 73.9 Å². The second-order valence-corrected chi connectivity index (χ2v) is 12.7. The second-order valence-electron chi connectivity index (χ2n) is 12.7. The summed E-state index contributed by atoms with van der Waals surface area (Å²) in [6.45, 7) is 0.252. The molecule has 12 nitrogen and oxygen atoms in total. The Hall–Kier alpha value is -4.13. The van der Waals surface area contributed by atoms with E-state index >= 15 is 0 Å². The van der Waals surface area contributed by atoms with E-state index in [0.29, 0.717) is 30.5 Å². The number of carbonyl (C=O) groups is 3. The van der Waals surface area contributed by atoms with Crippen LogP contribution in [0.4, 0.5) is 35.9 Å². The van der Waals surface area contributed by atoms with Gasteiger partial charge < -0.3 is 38.1 Å². The number of halogens is 6. The molecule has 0 aromatic heterocycles. The van der Waals surface area contributed by atoms with Crippen LogP contribution in [0.1, 0.15) is 61.0 Å². The first kappa shape index (κ1) is 41.6. The molecule has 294 valence electrons. The van der Waals surface area contributed by atoms with E-state index in [0.717, 1.165) is 0 Å². The molecule has 2 saturated heterocycles. The number of likely N-dealkylation sites (tertiary alicyclic amines) is 2. The van der Waals surface area contributed by atoms with E-state index in [-0.39, 0.29) is 70.0 Å². The quantitative estimate of drug-likeness (QED) is 0.110. The molecule has 1 amide bonds. The number of alkyl halides is 6. The molecule has 1 spiro atoms. The van der Waals surface area contributed by atoms with Crippen molar-refractivity contribution in [2.24, 2.45) is 0 Å². The van der Waals surface area contributed by atoms with Gasteiger partial charge in [0.2, 0.25) is 5.91 Å². The fourth-order valence-corrected chi connectivity index (χ4v) is 6.50. The summed E-state index contributed by atoms with van der Waals surface area (Å²) in [5.41, 5.74) is -4.82. The molecule has 0 bridgehead atoms. The van der Waals surface area contributed by atoms with Crippen molar-refractivity contribution in [2.75, 3.05) is 67.3 Å². The van der Waals surface area contributed by atoms with Crippen LogP contribution in [0.5, 0.6) is 0 Å². The Kier molecular flexibility index (Phi) is 14.0. The highest BCUT2D eigenvalue weighted by Gasteiger charge is 2.55. The predicted molar refractivity (Wildman–Crippen MR) is 172 cm³/mol. The van der Waals surface area contributed by atoms with Crippen LogP contribution in [0.25, 0.3) is 0 Å². The lowest BCUT2D eigenvalue weighted by molar-refractivity contribution is -0.154. The van der Waals surface area contributed by atoms with E-state index in [2.05, 4.69) is 0 Å². The van der Waals surface area contributed by atoms with Gasteiger partial charge in [-0.25, -0.2) is 9.59 Å². The third-order valence-corrected chi connectivity index (χ3v) is 9.40. The van der Waals surface area contributed by atoms with Gasteiger partial charge in [-0.05, 0) is 55.5 Å². The molecule has 0 radical (unpaired) electrons. The summed E-state index contributed by atoms with van der Waals surface area (Å²) in [5.74, 6) is -0.309. The summed E-state index contributed by atoms with van der Waals surface area (Å²) in [6, 6.07) is 10.0. The highest BCUT2D eigenvalue weighted by Crippen LogP contribution is 2.48. The SMILES string of the molecule is COCCOC(=O)OCN1C(=O)CC[C@]12CC[C@@](CO[C@H](C)c1cc(C(F)(F)F)cc(C(F)(F)F)c1)(c1ccccc1)N(COC(=O)OCCOC)C2. The highest BCUT2D eigenvalue weighted by molar-refractivity contribution is 5.80. The Morgan fingerprint density at radius 1 is 0.774 bits per heavy atom. The van der Waals surface area contributed by atoms with Gasteiger partial charge >= 0.3 is 24.7 Å².